The Morgan fingerprint density at radius 2 is 2.31 bits per heavy atom. The Morgan fingerprint density at radius 1 is 1.69 bits per heavy atom. The topological polar surface area (TPSA) is 52.9 Å². The third-order valence-corrected chi connectivity index (χ3v) is 3.13. The molecule has 0 saturated heterocycles. The summed E-state index contributed by atoms with van der Waals surface area (Å²) in [6.45, 7) is 4.07. The van der Waals surface area contributed by atoms with E-state index in [0.717, 1.165) is 12.8 Å². The first-order chi connectivity index (χ1) is 7.57. The number of terminal acetylenes is 1. The summed E-state index contributed by atoms with van der Waals surface area (Å²) in [6, 6.07) is 1.90. The zero-order valence-corrected chi connectivity index (χ0v) is 9.92. The maximum Gasteiger partial charge on any atom is 0.241 e. The number of hydrogen-bond donors (Lipinski definition) is 1. The molecular weight excluding hydrogens is 200 g/mol. The monoisotopic (exact) mass is 218 g/mol. The van der Waals surface area contributed by atoms with Crippen LogP contribution in [0, 0.1) is 35.0 Å². The Hall–Kier alpha value is -1.48. The van der Waals surface area contributed by atoms with Gasteiger partial charge in [-0.1, -0.05) is 26.2 Å². The van der Waals surface area contributed by atoms with Crippen LogP contribution in [0.15, 0.2) is 0 Å². The van der Waals surface area contributed by atoms with E-state index in [1.54, 1.807) is 0 Å². The van der Waals surface area contributed by atoms with Crippen molar-refractivity contribution in [2.45, 2.75) is 45.6 Å². The molecule has 1 rings (SSSR count). The summed E-state index contributed by atoms with van der Waals surface area (Å²) in [7, 11) is 0. The molecule has 3 nitrogen and oxygen atoms in total. The summed E-state index contributed by atoms with van der Waals surface area (Å²) in [5, 5.41) is 11.9. The average Bonchev–Trinajstić information content (AvgIpc) is 2.23. The lowest BCUT2D eigenvalue weighted by atomic mass is 9.63. The minimum atomic E-state index is -0.817. The van der Waals surface area contributed by atoms with Crippen LogP contribution >= 0.6 is 0 Å². The third kappa shape index (κ3) is 2.36. The summed E-state index contributed by atoms with van der Waals surface area (Å²) < 4.78 is 0. The molecule has 0 aliphatic heterocycles. The molecule has 0 heterocycles. The predicted octanol–water partition coefficient (Wildman–Crippen LogP) is 1.84. The van der Waals surface area contributed by atoms with Gasteiger partial charge in [0.2, 0.25) is 5.91 Å². The van der Waals surface area contributed by atoms with Gasteiger partial charge in [0.05, 0.1) is 12.1 Å². The maximum absolute atomic E-state index is 11.9. The largest absolute Gasteiger partial charge is 0.341 e. The fraction of sp³-hybridized carbons (Fsp3) is 0.692. The van der Waals surface area contributed by atoms with Crippen LogP contribution in [0.1, 0.15) is 39.5 Å². The van der Waals surface area contributed by atoms with E-state index in [1.807, 2.05) is 13.8 Å². The zero-order valence-electron chi connectivity index (χ0n) is 9.92. The highest BCUT2D eigenvalue weighted by Gasteiger charge is 2.49. The van der Waals surface area contributed by atoms with Crippen molar-refractivity contribution >= 4 is 5.91 Å². The molecule has 1 aliphatic rings. The van der Waals surface area contributed by atoms with Crippen LogP contribution < -0.4 is 5.32 Å². The normalized spacial score (nSPS) is 29.4. The molecule has 0 aromatic heterocycles. The van der Waals surface area contributed by atoms with E-state index in [9.17, 15) is 4.79 Å². The molecule has 1 fully saturated rings. The van der Waals surface area contributed by atoms with Crippen LogP contribution in [-0.2, 0) is 4.79 Å². The minimum absolute atomic E-state index is 0.190. The van der Waals surface area contributed by atoms with Gasteiger partial charge in [0.15, 0.2) is 0 Å². The first-order valence-electron chi connectivity index (χ1n) is 5.76. The van der Waals surface area contributed by atoms with E-state index in [1.165, 1.54) is 0 Å². The molecule has 0 spiro atoms. The number of rotatable bonds is 4. The van der Waals surface area contributed by atoms with Gasteiger partial charge in [-0.2, -0.15) is 5.26 Å². The molecule has 86 valence electrons. The number of amides is 1. The predicted molar refractivity (Wildman–Crippen MR) is 62.1 cm³/mol. The lowest BCUT2D eigenvalue weighted by Crippen LogP contribution is -2.50. The van der Waals surface area contributed by atoms with Crippen molar-refractivity contribution in [2.75, 3.05) is 0 Å². The zero-order chi connectivity index (χ0) is 12.2. The van der Waals surface area contributed by atoms with Crippen molar-refractivity contribution in [2.24, 2.45) is 11.3 Å². The van der Waals surface area contributed by atoms with E-state index in [4.69, 9.17) is 11.7 Å². The smallest absolute Gasteiger partial charge is 0.241 e. The van der Waals surface area contributed by atoms with Gasteiger partial charge in [0.25, 0.3) is 0 Å². The lowest BCUT2D eigenvalue weighted by Gasteiger charge is -2.39. The second-order valence-corrected chi connectivity index (χ2v) is 4.69. The Bertz CT molecular complexity index is 342. The number of nitriles is 1. The Morgan fingerprint density at radius 3 is 2.69 bits per heavy atom. The van der Waals surface area contributed by atoms with Crippen molar-refractivity contribution in [1.82, 2.24) is 5.32 Å². The second-order valence-electron chi connectivity index (χ2n) is 4.69. The maximum atomic E-state index is 11.9. The van der Waals surface area contributed by atoms with Gasteiger partial charge in [-0.3, -0.25) is 4.79 Å². The molecule has 0 bridgehead atoms. The van der Waals surface area contributed by atoms with Crippen molar-refractivity contribution in [3.63, 3.8) is 0 Å². The molecule has 0 radical (unpaired) electrons. The first kappa shape index (κ1) is 12.6. The van der Waals surface area contributed by atoms with E-state index in [0.29, 0.717) is 18.8 Å². The molecule has 1 unspecified atom stereocenters. The van der Waals surface area contributed by atoms with E-state index in [2.05, 4.69) is 17.3 Å². The molecule has 16 heavy (non-hydrogen) atoms. The molecule has 1 atom stereocenters. The minimum Gasteiger partial charge on any atom is -0.341 e. The van der Waals surface area contributed by atoms with Crippen LogP contribution in [-0.4, -0.2) is 11.9 Å². The number of nitrogens with zero attached hydrogens (tertiary/aromatic N) is 1. The number of hydrogen-bond acceptors (Lipinski definition) is 2. The lowest BCUT2D eigenvalue weighted by molar-refractivity contribution is -0.134. The van der Waals surface area contributed by atoms with E-state index >= 15 is 0 Å². The summed E-state index contributed by atoms with van der Waals surface area (Å²) in [5.74, 6) is 2.82. The Balaban J connectivity index is 2.58. The standard InChI is InChI=1S/C13H18N2O/c1-4-6-11(5-2)15-12(16)13(9-14)7-10(3)8-13/h2,10-11H,4,6-8H2,1,3H3,(H,15,16). The second kappa shape index (κ2) is 5.03. The quantitative estimate of drug-likeness (QED) is 0.732. The molecule has 1 amide bonds. The highest BCUT2D eigenvalue weighted by atomic mass is 16.2. The van der Waals surface area contributed by atoms with E-state index < -0.39 is 5.41 Å². The SMILES string of the molecule is C#CC(CCC)NC(=O)C1(C#N)CC(C)C1. The number of carbonyl (C=O) groups is 1. The van der Waals surface area contributed by atoms with Crippen LogP contribution in [0.25, 0.3) is 0 Å². The fourth-order valence-corrected chi connectivity index (χ4v) is 2.24. The van der Waals surface area contributed by atoms with Crippen molar-refractivity contribution in [3.05, 3.63) is 0 Å². The summed E-state index contributed by atoms with van der Waals surface area (Å²) >= 11 is 0. The highest BCUT2D eigenvalue weighted by molar-refractivity contribution is 5.87. The molecule has 1 saturated carbocycles. The van der Waals surface area contributed by atoms with Gasteiger partial charge in [0.1, 0.15) is 5.41 Å². The van der Waals surface area contributed by atoms with Crippen LogP contribution in [0.3, 0.4) is 0 Å². The van der Waals surface area contributed by atoms with Gasteiger partial charge in [-0.25, -0.2) is 0 Å². The van der Waals surface area contributed by atoms with E-state index in [-0.39, 0.29) is 11.9 Å². The van der Waals surface area contributed by atoms with Crippen molar-refractivity contribution < 1.29 is 4.79 Å². The van der Waals surface area contributed by atoms with Gasteiger partial charge in [-0.05, 0) is 25.2 Å². The number of carbonyl (C=O) groups excluding carboxylic acids is 1. The number of nitrogens with one attached hydrogen (secondary N) is 1. The summed E-state index contributed by atoms with van der Waals surface area (Å²) in [4.78, 5) is 11.9. The van der Waals surface area contributed by atoms with Gasteiger partial charge < -0.3 is 5.32 Å². The van der Waals surface area contributed by atoms with Gasteiger partial charge >= 0.3 is 0 Å². The fourth-order valence-electron chi connectivity index (χ4n) is 2.24. The van der Waals surface area contributed by atoms with Crippen LogP contribution in [0.5, 0.6) is 0 Å². The van der Waals surface area contributed by atoms with Crippen molar-refractivity contribution in [3.8, 4) is 18.4 Å². The summed E-state index contributed by atoms with van der Waals surface area (Å²) in [6.07, 6.45) is 8.32. The summed E-state index contributed by atoms with van der Waals surface area (Å²) in [5.41, 5.74) is -0.817. The third-order valence-electron chi connectivity index (χ3n) is 3.13. The Kier molecular flexibility index (Phi) is 3.96. The molecule has 0 aromatic carbocycles. The molecule has 1 N–H and O–H groups in total. The average molecular weight is 218 g/mol. The molecule has 0 aromatic rings. The van der Waals surface area contributed by atoms with Crippen molar-refractivity contribution in [1.29, 1.82) is 5.26 Å². The highest BCUT2D eigenvalue weighted by Crippen LogP contribution is 2.45. The van der Waals surface area contributed by atoms with Crippen LogP contribution in [0.2, 0.25) is 0 Å². The molecule has 1 aliphatic carbocycles. The Labute approximate surface area is 97.2 Å². The van der Waals surface area contributed by atoms with Gasteiger partial charge in [-0.15, -0.1) is 6.42 Å². The first-order valence-corrected chi connectivity index (χ1v) is 5.76. The molecule has 3 heteroatoms. The van der Waals surface area contributed by atoms with Crippen LogP contribution in [0.4, 0.5) is 0 Å². The van der Waals surface area contributed by atoms with Gasteiger partial charge in [0, 0.05) is 0 Å². The molecular formula is C13H18N2O.